The molecule has 0 atom stereocenters. The Morgan fingerprint density at radius 1 is 1.15 bits per heavy atom. The van der Waals surface area contributed by atoms with Crippen LogP contribution in [0.15, 0.2) is 79.9 Å². The van der Waals surface area contributed by atoms with Crippen LogP contribution in [-0.2, 0) is 0 Å². The van der Waals surface area contributed by atoms with Crippen LogP contribution in [0.25, 0.3) is 50.3 Å². The van der Waals surface area contributed by atoms with Gasteiger partial charge < -0.3 is 9.88 Å². The molecule has 0 aliphatic carbocycles. The highest BCUT2D eigenvalue weighted by Gasteiger charge is 2.16. The first-order valence-corrected chi connectivity index (χ1v) is 10.6. The smallest absolute Gasteiger partial charge is 0.181 e. The van der Waals surface area contributed by atoms with Gasteiger partial charge in [0.05, 0.1) is 22.6 Å². The zero-order valence-corrected chi connectivity index (χ0v) is 18.8. The summed E-state index contributed by atoms with van der Waals surface area (Å²) in [6, 6.07) is 8.38. The predicted molar refractivity (Wildman–Crippen MR) is 133 cm³/mol. The third kappa shape index (κ3) is 3.75. The van der Waals surface area contributed by atoms with Crippen LogP contribution in [0.3, 0.4) is 0 Å². The van der Waals surface area contributed by atoms with E-state index in [4.69, 9.17) is 4.98 Å². The van der Waals surface area contributed by atoms with E-state index >= 15 is 0 Å². The summed E-state index contributed by atoms with van der Waals surface area (Å²) in [6.07, 6.45) is 8.87. The van der Waals surface area contributed by atoms with Crippen LogP contribution in [0.1, 0.15) is 5.56 Å². The van der Waals surface area contributed by atoms with Crippen LogP contribution in [-0.4, -0.2) is 49.1 Å². The van der Waals surface area contributed by atoms with Crippen molar-refractivity contribution >= 4 is 27.6 Å². The number of benzene rings is 1. The molecule has 5 rings (SSSR count). The van der Waals surface area contributed by atoms with Gasteiger partial charge >= 0.3 is 0 Å². The maximum atomic E-state index is 13.8. The van der Waals surface area contributed by atoms with Gasteiger partial charge in [0.15, 0.2) is 11.5 Å². The number of rotatable bonds is 6. The maximum Gasteiger partial charge on any atom is 0.181 e. The lowest BCUT2D eigenvalue weighted by atomic mass is 10.0. The number of nitrogens with one attached hydrogen (secondary N) is 2. The van der Waals surface area contributed by atoms with E-state index in [0.29, 0.717) is 28.2 Å². The van der Waals surface area contributed by atoms with Gasteiger partial charge in [-0.25, -0.2) is 14.4 Å². The molecule has 5 aromatic rings. The summed E-state index contributed by atoms with van der Waals surface area (Å²) in [5.41, 5.74) is 6.75. The molecule has 0 fully saturated rings. The van der Waals surface area contributed by atoms with Gasteiger partial charge in [0, 0.05) is 43.3 Å². The number of hydrogen-bond donors (Lipinski definition) is 2. The zero-order chi connectivity index (χ0) is 23.8. The molecule has 0 aliphatic heterocycles. The topological polar surface area (TPSA) is 86.4 Å². The predicted octanol–water partition coefficient (Wildman–Crippen LogP) is 5.35. The van der Waals surface area contributed by atoms with E-state index in [1.54, 1.807) is 30.7 Å². The third-order valence-corrected chi connectivity index (χ3v) is 5.63. The second-order valence-electron chi connectivity index (χ2n) is 8.06. The summed E-state index contributed by atoms with van der Waals surface area (Å²) < 4.78 is 13.8. The molecule has 7 nitrogen and oxygen atoms in total. The Hall–Kier alpha value is -4.59. The van der Waals surface area contributed by atoms with Crippen LogP contribution in [0.5, 0.6) is 0 Å². The second kappa shape index (κ2) is 8.40. The number of pyridine rings is 2. The zero-order valence-electron chi connectivity index (χ0n) is 18.8. The number of aromatic nitrogens is 6. The van der Waals surface area contributed by atoms with E-state index in [-0.39, 0.29) is 5.82 Å². The van der Waals surface area contributed by atoms with E-state index in [0.717, 1.165) is 33.3 Å². The number of fused-ring (bicyclic) bond motifs is 2. The van der Waals surface area contributed by atoms with Crippen molar-refractivity contribution in [3.05, 3.63) is 91.3 Å². The number of likely N-dealkylation sites (N-methyl/N-ethyl adjacent to an activating group) is 1. The highest BCUT2D eigenvalue weighted by Crippen LogP contribution is 2.31. The Labute approximate surface area is 195 Å². The number of hydrogen-bond acceptors (Lipinski definition) is 5. The normalized spacial score (nSPS) is 11.8. The van der Waals surface area contributed by atoms with Crippen molar-refractivity contribution < 1.29 is 4.39 Å². The highest BCUT2D eigenvalue weighted by atomic mass is 19.1. The number of imidazole rings is 1. The molecule has 0 unspecified atom stereocenters. The molecule has 0 amide bonds. The van der Waals surface area contributed by atoms with Gasteiger partial charge in [0.2, 0.25) is 0 Å². The molecule has 1 aromatic carbocycles. The summed E-state index contributed by atoms with van der Waals surface area (Å²) in [5.74, 6) is 0.274. The first kappa shape index (κ1) is 21.3. The number of H-pyrrole nitrogens is 2. The van der Waals surface area contributed by atoms with Gasteiger partial charge in [-0.3, -0.25) is 10.1 Å². The molecule has 0 aliphatic rings. The SMILES string of the molecule is C=CC(=CC(=C)N(C)C)c1cnc2n[nH]c(-c3nc4c(-c5cccc(F)c5)cncc4[nH]3)c2c1. The second-order valence-corrected chi connectivity index (χ2v) is 8.06. The minimum absolute atomic E-state index is 0.313. The van der Waals surface area contributed by atoms with Crippen molar-refractivity contribution in [2.24, 2.45) is 0 Å². The lowest BCUT2D eigenvalue weighted by molar-refractivity contribution is 0.533. The van der Waals surface area contributed by atoms with Gasteiger partial charge in [0.1, 0.15) is 11.5 Å². The number of allylic oxidation sites excluding steroid dienone is 3. The number of halogens is 1. The van der Waals surface area contributed by atoms with Crippen molar-refractivity contribution in [1.29, 1.82) is 0 Å². The van der Waals surface area contributed by atoms with Crippen LogP contribution >= 0.6 is 0 Å². The summed E-state index contributed by atoms with van der Waals surface area (Å²) in [4.78, 5) is 18.8. The van der Waals surface area contributed by atoms with E-state index in [2.05, 4.69) is 38.3 Å². The molecule has 4 heterocycles. The first-order chi connectivity index (χ1) is 16.4. The Morgan fingerprint density at radius 2 is 2.00 bits per heavy atom. The number of aromatic amines is 2. The summed E-state index contributed by atoms with van der Waals surface area (Å²) >= 11 is 0. The molecule has 2 N–H and O–H groups in total. The summed E-state index contributed by atoms with van der Waals surface area (Å²) in [6.45, 7) is 8.01. The minimum Gasteiger partial charge on any atom is -0.378 e. The molecular formula is C26H22FN7. The Morgan fingerprint density at radius 3 is 2.76 bits per heavy atom. The molecule has 0 bridgehead atoms. The summed E-state index contributed by atoms with van der Waals surface area (Å²) in [7, 11) is 3.87. The average molecular weight is 452 g/mol. The van der Waals surface area contributed by atoms with Crippen molar-refractivity contribution in [2.45, 2.75) is 0 Å². The highest BCUT2D eigenvalue weighted by molar-refractivity contribution is 5.96. The Bertz CT molecular complexity index is 1590. The van der Waals surface area contributed by atoms with Crippen LogP contribution in [0, 0.1) is 5.82 Å². The van der Waals surface area contributed by atoms with Crippen molar-refractivity contribution in [1.82, 2.24) is 35.0 Å². The minimum atomic E-state index is -0.313. The first-order valence-electron chi connectivity index (χ1n) is 10.6. The fraction of sp³-hybridized carbons (Fsp3) is 0.0769. The largest absolute Gasteiger partial charge is 0.378 e. The van der Waals surface area contributed by atoms with Crippen molar-refractivity contribution in [2.75, 3.05) is 14.1 Å². The lowest BCUT2D eigenvalue weighted by Gasteiger charge is -2.13. The number of nitrogens with zero attached hydrogens (tertiary/aromatic N) is 5. The molecule has 0 saturated carbocycles. The van der Waals surface area contributed by atoms with Crippen LogP contribution in [0.2, 0.25) is 0 Å². The Kier molecular flexibility index (Phi) is 5.25. The summed E-state index contributed by atoms with van der Waals surface area (Å²) in [5, 5.41) is 8.19. The van der Waals surface area contributed by atoms with E-state index in [9.17, 15) is 4.39 Å². The molecule has 34 heavy (non-hydrogen) atoms. The van der Waals surface area contributed by atoms with Gasteiger partial charge in [-0.2, -0.15) is 5.10 Å². The van der Waals surface area contributed by atoms with Crippen molar-refractivity contribution in [3.8, 4) is 22.6 Å². The van der Waals surface area contributed by atoms with E-state index < -0.39 is 0 Å². The molecule has 4 aromatic heterocycles. The quantitative estimate of drug-likeness (QED) is 0.340. The van der Waals surface area contributed by atoms with Crippen LogP contribution < -0.4 is 0 Å². The van der Waals surface area contributed by atoms with Crippen molar-refractivity contribution in [3.63, 3.8) is 0 Å². The molecular weight excluding hydrogens is 429 g/mol. The monoisotopic (exact) mass is 451 g/mol. The molecule has 0 spiro atoms. The maximum absolute atomic E-state index is 13.8. The fourth-order valence-corrected chi connectivity index (χ4v) is 3.73. The van der Waals surface area contributed by atoms with Gasteiger partial charge in [-0.05, 0) is 35.4 Å². The Balaban J connectivity index is 1.63. The molecule has 0 saturated heterocycles. The third-order valence-electron chi connectivity index (χ3n) is 5.63. The van der Waals surface area contributed by atoms with Gasteiger partial charge in [-0.15, -0.1) is 0 Å². The van der Waals surface area contributed by atoms with E-state index in [1.165, 1.54) is 12.1 Å². The van der Waals surface area contributed by atoms with E-state index in [1.807, 2.05) is 37.2 Å². The standard InChI is InChI=1S/C26H22FN7/c1-5-16(9-15(2)34(3)4)18-11-20-24(32-33-25(20)29-12-18)26-30-22-14-28-13-21(23(22)31-26)17-7-6-8-19(27)10-17/h5-14H,1-2H2,3-4H3,(H,30,31)(H,29,32,33). The fourth-order valence-electron chi connectivity index (χ4n) is 3.73. The van der Waals surface area contributed by atoms with Gasteiger partial charge in [-0.1, -0.05) is 31.4 Å². The molecule has 0 radical (unpaired) electrons. The van der Waals surface area contributed by atoms with Crippen LogP contribution in [0.4, 0.5) is 4.39 Å². The lowest BCUT2D eigenvalue weighted by Crippen LogP contribution is -2.08. The molecule has 8 heteroatoms. The average Bonchev–Trinajstić information content (AvgIpc) is 3.45. The van der Waals surface area contributed by atoms with Gasteiger partial charge in [0.25, 0.3) is 0 Å². The molecule has 168 valence electrons.